The highest BCUT2D eigenvalue weighted by atomic mass is 16.4. The van der Waals surface area contributed by atoms with Crippen molar-refractivity contribution in [1.29, 1.82) is 0 Å². The third-order valence-electron chi connectivity index (χ3n) is 4.15. The van der Waals surface area contributed by atoms with Gasteiger partial charge in [-0.1, -0.05) is 32.0 Å². The van der Waals surface area contributed by atoms with E-state index < -0.39 is 6.09 Å². The Bertz CT molecular complexity index is 636. The van der Waals surface area contributed by atoms with Crippen LogP contribution in [0, 0.1) is 0 Å². The molecule has 0 atom stereocenters. The van der Waals surface area contributed by atoms with Crippen molar-refractivity contribution in [3.63, 3.8) is 0 Å². The first-order valence-corrected chi connectivity index (χ1v) is 8.24. The van der Waals surface area contributed by atoms with Crippen molar-refractivity contribution in [3.8, 4) is 0 Å². The summed E-state index contributed by atoms with van der Waals surface area (Å²) in [5.74, 6) is 0. The molecule has 0 fully saturated rings. The molecule has 0 saturated heterocycles. The van der Waals surface area contributed by atoms with E-state index in [0.29, 0.717) is 12.2 Å². The summed E-state index contributed by atoms with van der Waals surface area (Å²) in [6.45, 7) is 7.89. The van der Waals surface area contributed by atoms with E-state index in [2.05, 4.69) is 23.7 Å². The van der Waals surface area contributed by atoms with Crippen LogP contribution >= 0.6 is 0 Å². The number of fused-ring (bicyclic) bond motifs is 1. The highest BCUT2D eigenvalue weighted by Gasteiger charge is 2.16. The van der Waals surface area contributed by atoms with Gasteiger partial charge >= 0.3 is 6.09 Å². The molecule has 5 heteroatoms. The molecule has 1 aromatic carbocycles. The van der Waals surface area contributed by atoms with Crippen molar-refractivity contribution in [1.82, 2.24) is 9.88 Å². The molecule has 0 aliphatic heterocycles. The molecule has 2 aromatic rings. The maximum atomic E-state index is 11.7. The zero-order valence-electron chi connectivity index (χ0n) is 13.9. The molecular weight excluding hydrogens is 290 g/mol. The number of hydrogen-bond acceptors (Lipinski definition) is 3. The second-order valence-corrected chi connectivity index (χ2v) is 5.52. The Morgan fingerprint density at radius 2 is 1.78 bits per heavy atom. The normalized spacial score (nSPS) is 11.1. The summed E-state index contributed by atoms with van der Waals surface area (Å²) < 4.78 is 0. The average molecular weight is 315 g/mol. The van der Waals surface area contributed by atoms with Crippen LogP contribution < -0.4 is 4.90 Å². The third-order valence-corrected chi connectivity index (χ3v) is 4.15. The standard InChI is InChI=1S/C18H25N3O2/c1-3-20(4-2)13-7-8-14-21(18(22)23)17-11-12-19-16-10-6-5-9-15(16)17/h5-6,9-12H,3-4,7-8,13-14H2,1-2H3,(H,22,23). The van der Waals surface area contributed by atoms with Crippen molar-refractivity contribution in [2.24, 2.45) is 0 Å². The van der Waals surface area contributed by atoms with Gasteiger partial charge in [-0.15, -0.1) is 0 Å². The van der Waals surface area contributed by atoms with Gasteiger partial charge in [0.15, 0.2) is 0 Å². The number of carboxylic acid groups (broad SMARTS) is 1. The molecule has 0 aliphatic rings. The summed E-state index contributed by atoms with van der Waals surface area (Å²) >= 11 is 0. The fourth-order valence-corrected chi connectivity index (χ4v) is 2.78. The Labute approximate surface area is 137 Å². The SMILES string of the molecule is CCN(CC)CCCCN(C(=O)O)c1ccnc2ccccc12. The molecule has 124 valence electrons. The first kappa shape index (κ1) is 17.2. The minimum atomic E-state index is -0.913. The van der Waals surface area contributed by atoms with Gasteiger partial charge in [-0.3, -0.25) is 9.88 Å². The van der Waals surface area contributed by atoms with Crippen molar-refractivity contribution in [2.75, 3.05) is 31.1 Å². The predicted molar refractivity (Wildman–Crippen MR) is 94.1 cm³/mol. The van der Waals surface area contributed by atoms with Gasteiger partial charge in [0.25, 0.3) is 0 Å². The lowest BCUT2D eigenvalue weighted by molar-refractivity contribution is 0.201. The van der Waals surface area contributed by atoms with Gasteiger partial charge in [-0.25, -0.2) is 4.79 Å². The summed E-state index contributed by atoms with van der Waals surface area (Å²) in [6.07, 6.45) is 2.60. The maximum Gasteiger partial charge on any atom is 0.411 e. The largest absolute Gasteiger partial charge is 0.465 e. The molecule has 0 unspecified atom stereocenters. The Hall–Kier alpha value is -2.14. The van der Waals surface area contributed by atoms with E-state index in [-0.39, 0.29) is 0 Å². The lowest BCUT2D eigenvalue weighted by Gasteiger charge is -2.22. The lowest BCUT2D eigenvalue weighted by atomic mass is 10.1. The fourth-order valence-electron chi connectivity index (χ4n) is 2.78. The summed E-state index contributed by atoms with van der Waals surface area (Å²) in [7, 11) is 0. The van der Waals surface area contributed by atoms with E-state index in [1.807, 2.05) is 24.3 Å². The summed E-state index contributed by atoms with van der Waals surface area (Å²) in [5, 5.41) is 10.5. The molecule has 23 heavy (non-hydrogen) atoms. The van der Waals surface area contributed by atoms with Gasteiger partial charge in [-0.05, 0) is 44.6 Å². The number of amides is 1. The predicted octanol–water partition coefficient (Wildman–Crippen LogP) is 3.84. The van der Waals surface area contributed by atoms with Crippen LogP contribution in [0.1, 0.15) is 26.7 Å². The minimum Gasteiger partial charge on any atom is -0.465 e. The molecule has 0 aliphatic carbocycles. The van der Waals surface area contributed by atoms with E-state index in [4.69, 9.17) is 0 Å². The van der Waals surface area contributed by atoms with E-state index in [9.17, 15) is 9.90 Å². The number of pyridine rings is 1. The van der Waals surface area contributed by atoms with Crippen LogP contribution in [-0.4, -0.2) is 47.3 Å². The maximum absolute atomic E-state index is 11.7. The van der Waals surface area contributed by atoms with Crippen molar-refractivity contribution in [3.05, 3.63) is 36.5 Å². The molecule has 1 N–H and O–H groups in total. The van der Waals surface area contributed by atoms with Crippen molar-refractivity contribution >= 4 is 22.7 Å². The molecule has 0 radical (unpaired) electrons. The monoisotopic (exact) mass is 315 g/mol. The first-order chi connectivity index (χ1) is 11.2. The Kier molecular flexibility index (Phi) is 6.35. The van der Waals surface area contributed by atoms with Gasteiger partial charge in [-0.2, -0.15) is 0 Å². The van der Waals surface area contributed by atoms with Gasteiger partial charge < -0.3 is 10.0 Å². The molecule has 1 heterocycles. The third kappa shape index (κ3) is 4.42. The number of carbonyl (C=O) groups is 1. The lowest BCUT2D eigenvalue weighted by Crippen LogP contribution is -2.31. The molecule has 0 bridgehead atoms. The van der Waals surface area contributed by atoms with Crippen LogP contribution in [0.4, 0.5) is 10.5 Å². The molecule has 0 spiro atoms. The second kappa shape index (κ2) is 8.48. The number of anilines is 1. The quantitative estimate of drug-likeness (QED) is 0.752. The highest BCUT2D eigenvalue weighted by Crippen LogP contribution is 2.25. The topological polar surface area (TPSA) is 56.7 Å². The van der Waals surface area contributed by atoms with Crippen LogP contribution in [0.25, 0.3) is 10.9 Å². The number of benzene rings is 1. The van der Waals surface area contributed by atoms with Crippen LogP contribution in [0.5, 0.6) is 0 Å². The van der Waals surface area contributed by atoms with Crippen LogP contribution in [0.3, 0.4) is 0 Å². The molecule has 1 aromatic heterocycles. The van der Waals surface area contributed by atoms with E-state index in [1.54, 1.807) is 12.3 Å². The molecule has 1 amide bonds. The zero-order valence-corrected chi connectivity index (χ0v) is 13.9. The van der Waals surface area contributed by atoms with Gasteiger partial charge in [0.2, 0.25) is 0 Å². The van der Waals surface area contributed by atoms with Crippen LogP contribution in [0.15, 0.2) is 36.5 Å². The second-order valence-electron chi connectivity index (χ2n) is 5.52. The van der Waals surface area contributed by atoms with Gasteiger partial charge in [0.05, 0.1) is 11.2 Å². The Morgan fingerprint density at radius 3 is 2.48 bits per heavy atom. The fraction of sp³-hybridized carbons (Fsp3) is 0.444. The van der Waals surface area contributed by atoms with Gasteiger partial charge in [0, 0.05) is 18.1 Å². The van der Waals surface area contributed by atoms with Crippen molar-refractivity contribution < 1.29 is 9.90 Å². The van der Waals surface area contributed by atoms with E-state index in [0.717, 1.165) is 43.4 Å². The van der Waals surface area contributed by atoms with Crippen LogP contribution in [-0.2, 0) is 0 Å². The summed E-state index contributed by atoms with van der Waals surface area (Å²) in [4.78, 5) is 19.8. The molecular formula is C18H25N3O2. The average Bonchev–Trinajstić information content (AvgIpc) is 2.58. The summed E-state index contributed by atoms with van der Waals surface area (Å²) in [6, 6.07) is 9.42. The van der Waals surface area contributed by atoms with Crippen LogP contribution in [0.2, 0.25) is 0 Å². The minimum absolute atomic E-state index is 0.505. The number of rotatable bonds is 8. The number of nitrogens with zero attached hydrogens (tertiary/aromatic N) is 3. The molecule has 5 nitrogen and oxygen atoms in total. The number of aromatic nitrogens is 1. The van der Waals surface area contributed by atoms with E-state index >= 15 is 0 Å². The number of para-hydroxylation sites is 1. The van der Waals surface area contributed by atoms with Crippen molar-refractivity contribution in [2.45, 2.75) is 26.7 Å². The summed E-state index contributed by atoms with van der Waals surface area (Å²) in [5.41, 5.74) is 1.53. The number of hydrogen-bond donors (Lipinski definition) is 1. The molecule has 0 saturated carbocycles. The smallest absolute Gasteiger partial charge is 0.411 e. The highest BCUT2D eigenvalue weighted by molar-refractivity contribution is 5.99. The Balaban J connectivity index is 2.08. The molecule has 2 rings (SSSR count). The van der Waals surface area contributed by atoms with Gasteiger partial charge in [0.1, 0.15) is 0 Å². The zero-order chi connectivity index (χ0) is 16.7. The van der Waals surface area contributed by atoms with E-state index in [1.165, 1.54) is 4.90 Å². The Morgan fingerprint density at radius 1 is 1.09 bits per heavy atom. The number of unbranched alkanes of at least 4 members (excludes halogenated alkanes) is 1. The first-order valence-electron chi connectivity index (χ1n) is 8.24.